The number of ether oxygens (including phenoxy) is 1. The minimum absolute atomic E-state index is 0.484. The van der Waals surface area contributed by atoms with Crippen LogP contribution in [0.4, 0.5) is 0 Å². The molecule has 1 aliphatic heterocycles. The summed E-state index contributed by atoms with van der Waals surface area (Å²) in [5.74, 6) is 1.38. The van der Waals surface area contributed by atoms with Crippen LogP contribution >= 0.6 is 0 Å². The third-order valence-corrected chi connectivity index (χ3v) is 6.09. The summed E-state index contributed by atoms with van der Waals surface area (Å²) in [7, 11) is 1.69. The van der Waals surface area contributed by atoms with Gasteiger partial charge in [-0.3, -0.25) is 4.99 Å². The summed E-state index contributed by atoms with van der Waals surface area (Å²) in [6.07, 6.45) is 8.85. The van der Waals surface area contributed by atoms with E-state index < -0.39 is 5.41 Å². The summed E-state index contributed by atoms with van der Waals surface area (Å²) in [6.45, 7) is 4.20. The number of nitrogens with one attached hydrogen (secondary N) is 2. The number of hydrogen-bond acceptors (Lipinski definition) is 6. The molecular formula is C23H21N7O. The molecule has 154 valence electrons. The number of fused-ring (bicyclic) bond motifs is 2. The Morgan fingerprint density at radius 2 is 2.19 bits per heavy atom. The number of H-pyrrole nitrogens is 2. The first-order valence-corrected chi connectivity index (χ1v) is 10.0. The number of aliphatic imine (C=N–C) groups is 1. The predicted molar refractivity (Wildman–Crippen MR) is 117 cm³/mol. The average Bonchev–Trinajstić information content (AvgIpc) is 3.53. The van der Waals surface area contributed by atoms with Crippen LogP contribution in [-0.4, -0.2) is 38.4 Å². The molecule has 1 atom stereocenters. The Labute approximate surface area is 179 Å². The summed E-state index contributed by atoms with van der Waals surface area (Å²) < 4.78 is 5.86. The number of benzene rings is 1. The van der Waals surface area contributed by atoms with Crippen LogP contribution in [0.1, 0.15) is 30.3 Å². The van der Waals surface area contributed by atoms with Crippen molar-refractivity contribution < 1.29 is 4.74 Å². The van der Waals surface area contributed by atoms with Crippen LogP contribution in [0, 0.1) is 18.3 Å². The summed E-state index contributed by atoms with van der Waals surface area (Å²) in [4.78, 5) is 8.32. The largest absolute Gasteiger partial charge is 0.496 e. The lowest BCUT2D eigenvalue weighted by Crippen LogP contribution is -2.35. The van der Waals surface area contributed by atoms with E-state index in [4.69, 9.17) is 9.73 Å². The minimum atomic E-state index is -0.596. The highest BCUT2D eigenvalue weighted by molar-refractivity contribution is 6.10. The fraction of sp³-hybridized carbons (Fsp3) is 0.261. The first-order chi connectivity index (χ1) is 15.0. The van der Waals surface area contributed by atoms with Gasteiger partial charge in [0.25, 0.3) is 0 Å². The lowest BCUT2D eigenvalue weighted by molar-refractivity contribution is 0.402. The highest BCUT2D eigenvalue weighted by Gasteiger charge is 2.40. The average molecular weight is 411 g/mol. The molecule has 1 aromatic carbocycles. The maximum atomic E-state index is 9.32. The number of aromatic nitrogens is 5. The van der Waals surface area contributed by atoms with Crippen molar-refractivity contribution in [3.05, 3.63) is 70.4 Å². The van der Waals surface area contributed by atoms with E-state index in [-0.39, 0.29) is 0 Å². The predicted octanol–water partition coefficient (Wildman–Crippen LogP) is 3.62. The summed E-state index contributed by atoms with van der Waals surface area (Å²) in [6, 6.07) is 6.37. The van der Waals surface area contributed by atoms with E-state index >= 15 is 0 Å². The molecule has 0 radical (unpaired) electrons. The number of allylic oxidation sites excluding steroid dienone is 5. The fourth-order valence-corrected chi connectivity index (χ4v) is 4.55. The molecule has 0 saturated heterocycles. The second-order valence-electron chi connectivity index (χ2n) is 8.07. The summed E-state index contributed by atoms with van der Waals surface area (Å²) in [5.41, 5.74) is 6.14. The lowest BCUT2D eigenvalue weighted by Gasteiger charge is -2.31. The third-order valence-electron chi connectivity index (χ3n) is 6.09. The van der Waals surface area contributed by atoms with Crippen LogP contribution in [0.25, 0.3) is 10.9 Å². The summed E-state index contributed by atoms with van der Waals surface area (Å²) >= 11 is 0. The van der Waals surface area contributed by atoms with Crippen molar-refractivity contribution in [2.24, 2.45) is 4.99 Å². The van der Waals surface area contributed by atoms with Crippen LogP contribution in [0.5, 0.6) is 5.75 Å². The van der Waals surface area contributed by atoms with Crippen molar-refractivity contribution >= 4 is 16.6 Å². The van der Waals surface area contributed by atoms with Crippen LogP contribution in [0.2, 0.25) is 0 Å². The van der Waals surface area contributed by atoms with Crippen LogP contribution in [-0.2, 0) is 11.8 Å². The van der Waals surface area contributed by atoms with E-state index in [1.807, 2.05) is 24.4 Å². The van der Waals surface area contributed by atoms with E-state index in [9.17, 15) is 5.26 Å². The Balaban J connectivity index is 1.73. The van der Waals surface area contributed by atoms with Gasteiger partial charge in [0, 0.05) is 46.5 Å². The molecule has 1 aliphatic carbocycles. The van der Waals surface area contributed by atoms with Crippen molar-refractivity contribution in [1.29, 1.82) is 5.26 Å². The minimum Gasteiger partial charge on any atom is -0.496 e. The number of nitrogens with zero attached hydrogens (tertiary/aromatic N) is 5. The van der Waals surface area contributed by atoms with E-state index in [0.29, 0.717) is 18.7 Å². The Morgan fingerprint density at radius 1 is 1.32 bits per heavy atom. The molecule has 2 N–H and O–H groups in total. The van der Waals surface area contributed by atoms with E-state index in [1.165, 1.54) is 0 Å². The molecule has 2 aromatic heterocycles. The van der Waals surface area contributed by atoms with Gasteiger partial charge in [-0.25, -0.2) is 0 Å². The number of nitriles is 1. The van der Waals surface area contributed by atoms with Gasteiger partial charge in [0.15, 0.2) is 5.82 Å². The molecular weight excluding hydrogens is 390 g/mol. The van der Waals surface area contributed by atoms with Crippen LogP contribution < -0.4 is 4.74 Å². The number of rotatable bonds is 5. The van der Waals surface area contributed by atoms with Crippen molar-refractivity contribution in [2.75, 3.05) is 7.11 Å². The number of aryl methyl sites for hydroxylation is 1. The van der Waals surface area contributed by atoms with Gasteiger partial charge < -0.3 is 9.72 Å². The van der Waals surface area contributed by atoms with Gasteiger partial charge in [0.2, 0.25) is 0 Å². The molecule has 0 fully saturated rings. The second-order valence-corrected chi connectivity index (χ2v) is 8.07. The molecule has 0 spiro atoms. The topological polar surface area (TPSA) is 116 Å². The first-order valence-electron chi connectivity index (χ1n) is 10.0. The molecule has 2 aliphatic rings. The SMILES string of the molecule is COc1cc(C)c2[nH]ccc2c1C(C)(Cc1nn[nH]n1)C1=NC2=CC=C(C#N)CC2=C1. The molecule has 0 amide bonds. The van der Waals surface area contributed by atoms with Crippen molar-refractivity contribution in [1.82, 2.24) is 25.6 Å². The monoisotopic (exact) mass is 411 g/mol. The molecule has 0 saturated carbocycles. The van der Waals surface area contributed by atoms with E-state index in [2.05, 4.69) is 57.7 Å². The van der Waals surface area contributed by atoms with E-state index in [0.717, 1.165) is 50.3 Å². The molecule has 0 bridgehead atoms. The normalized spacial score (nSPS) is 17.2. The number of aromatic amines is 2. The van der Waals surface area contributed by atoms with Gasteiger partial charge in [-0.15, -0.1) is 10.2 Å². The second kappa shape index (κ2) is 7.06. The fourth-order valence-electron chi connectivity index (χ4n) is 4.55. The number of tetrazole rings is 1. The molecule has 1 unspecified atom stereocenters. The zero-order chi connectivity index (χ0) is 21.6. The van der Waals surface area contributed by atoms with Crippen LogP contribution in [0.3, 0.4) is 0 Å². The van der Waals surface area contributed by atoms with Gasteiger partial charge in [-0.1, -0.05) is 5.21 Å². The van der Waals surface area contributed by atoms with Crippen molar-refractivity contribution in [3.8, 4) is 11.8 Å². The molecule has 3 aromatic rings. The Bertz CT molecular complexity index is 1350. The maximum Gasteiger partial charge on any atom is 0.175 e. The Hall–Kier alpha value is -3.99. The van der Waals surface area contributed by atoms with Crippen LogP contribution in [0.15, 0.2) is 58.4 Å². The molecule has 8 heteroatoms. The van der Waals surface area contributed by atoms with Crippen molar-refractivity contribution in [3.63, 3.8) is 0 Å². The molecule has 5 rings (SSSR count). The zero-order valence-electron chi connectivity index (χ0n) is 17.5. The quantitative estimate of drug-likeness (QED) is 0.665. The maximum absolute atomic E-state index is 9.32. The van der Waals surface area contributed by atoms with Gasteiger partial charge >= 0.3 is 0 Å². The smallest absolute Gasteiger partial charge is 0.175 e. The number of methoxy groups -OCH3 is 1. The highest BCUT2D eigenvalue weighted by atomic mass is 16.5. The van der Waals surface area contributed by atoms with E-state index in [1.54, 1.807) is 7.11 Å². The third kappa shape index (κ3) is 2.97. The summed E-state index contributed by atoms with van der Waals surface area (Å²) in [5, 5.41) is 25.1. The standard InChI is InChI=1S/C23H21N7O/c1-13-8-18(31-3)21(16-6-7-25-22(13)16)23(2,11-20-27-29-30-28-20)19-10-15-9-14(12-24)4-5-17(15)26-19/h4-8,10,25H,9,11H2,1-3H3,(H,27,28,29,30). The molecule has 8 nitrogen and oxygen atoms in total. The first kappa shape index (κ1) is 19.0. The lowest BCUT2D eigenvalue weighted by atomic mass is 9.72. The van der Waals surface area contributed by atoms with Gasteiger partial charge in [0.05, 0.1) is 24.6 Å². The van der Waals surface area contributed by atoms with Gasteiger partial charge in [-0.05, 0) is 55.3 Å². The highest BCUT2D eigenvalue weighted by Crippen LogP contribution is 2.44. The Kier molecular flexibility index (Phi) is 4.33. The van der Waals surface area contributed by atoms with Crippen molar-refractivity contribution in [2.45, 2.75) is 32.1 Å². The van der Waals surface area contributed by atoms with Gasteiger partial charge in [0.1, 0.15) is 5.75 Å². The van der Waals surface area contributed by atoms with Gasteiger partial charge in [-0.2, -0.15) is 10.5 Å². The molecule has 31 heavy (non-hydrogen) atoms. The molecule has 3 heterocycles. The Morgan fingerprint density at radius 3 is 2.94 bits per heavy atom. The zero-order valence-corrected chi connectivity index (χ0v) is 17.5. The number of hydrogen-bond donors (Lipinski definition) is 2.